The number of rotatable bonds is 0. The summed E-state index contributed by atoms with van der Waals surface area (Å²) in [5, 5.41) is 4.02. The number of nitrogens with one attached hydrogen (secondary N) is 1. The molecule has 0 saturated heterocycles. The second-order valence-electron chi connectivity index (χ2n) is 3.14. The lowest BCUT2D eigenvalue weighted by Gasteiger charge is -1.96. The Kier molecular flexibility index (Phi) is 3.91. The Bertz CT molecular complexity index is 465. The van der Waals surface area contributed by atoms with Gasteiger partial charge in [0.15, 0.2) is 0 Å². The van der Waals surface area contributed by atoms with Crippen molar-refractivity contribution in [2.45, 2.75) is 0 Å². The Hall–Kier alpha value is -1.87. The van der Waals surface area contributed by atoms with E-state index in [-0.39, 0.29) is 0 Å². The van der Waals surface area contributed by atoms with Crippen LogP contribution in [0.1, 0.15) is 0 Å². The van der Waals surface area contributed by atoms with E-state index in [0.717, 1.165) is 10.4 Å². The Balaban J connectivity index is 2.60. The van der Waals surface area contributed by atoms with E-state index < -0.39 is 0 Å². The fourth-order valence-electron chi connectivity index (χ4n) is 1.24. The molecule has 16 heavy (non-hydrogen) atoms. The van der Waals surface area contributed by atoms with E-state index in [4.69, 9.17) is 0 Å². The third kappa shape index (κ3) is 3.07. The summed E-state index contributed by atoms with van der Waals surface area (Å²) in [5.41, 5.74) is 1.11. The zero-order chi connectivity index (χ0) is 11.1. The molecule has 1 aliphatic heterocycles. The quantitative estimate of drug-likeness (QED) is 0.729. The number of hydrogen-bond acceptors (Lipinski definition) is 2. The molecule has 3 heteroatoms. The van der Waals surface area contributed by atoms with E-state index in [1.165, 1.54) is 11.5 Å². The van der Waals surface area contributed by atoms with Crippen LogP contribution in [0.25, 0.3) is 10.4 Å². The molecule has 0 radical (unpaired) electrons. The first-order valence-corrected chi connectivity index (χ1v) is 5.82. The highest BCUT2D eigenvalue weighted by Gasteiger charge is 1.94. The van der Waals surface area contributed by atoms with E-state index in [1.54, 1.807) is 0 Å². The van der Waals surface area contributed by atoms with Crippen molar-refractivity contribution in [3.8, 4) is 10.4 Å². The fourth-order valence-corrected chi connectivity index (χ4v) is 1.83. The minimum atomic E-state index is 1.11. The summed E-state index contributed by atoms with van der Waals surface area (Å²) < 4.78 is 2.88. The highest BCUT2D eigenvalue weighted by Crippen LogP contribution is 2.19. The van der Waals surface area contributed by atoms with Crippen LogP contribution in [-0.4, -0.2) is 9.59 Å². The minimum absolute atomic E-state index is 1.11. The van der Waals surface area contributed by atoms with Crippen LogP contribution < -0.4 is 0 Å². The van der Waals surface area contributed by atoms with Gasteiger partial charge < -0.3 is 0 Å². The van der Waals surface area contributed by atoms with Crippen molar-refractivity contribution in [2.24, 2.45) is 0 Å². The third-order valence-electron chi connectivity index (χ3n) is 2.00. The Morgan fingerprint density at radius 1 is 0.812 bits per heavy atom. The molecule has 0 aromatic carbocycles. The molecule has 1 heterocycles. The summed E-state index contributed by atoms with van der Waals surface area (Å²) in [6.07, 6.45) is 1.83. The molecule has 1 N–H and O–H groups in total. The van der Waals surface area contributed by atoms with Crippen molar-refractivity contribution >= 4 is 11.5 Å². The van der Waals surface area contributed by atoms with Gasteiger partial charge >= 0.3 is 0 Å². The summed E-state index contributed by atoms with van der Waals surface area (Å²) in [4.78, 5) is 1.16. The molecule has 2 aliphatic rings. The maximum absolute atomic E-state index is 4.02. The molecule has 0 bridgehead atoms. The largest absolute Gasteiger partial charge is 0.232 e. The van der Waals surface area contributed by atoms with Crippen molar-refractivity contribution in [3.05, 3.63) is 66.9 Å². The molecule has 1 aliphatic carbocycles. The summed E-state index contributed by atoms with van der Waals surface area (Å²) >= 11 is 1.52. The highest BCUT2D eigenvalue weighted by molar-refractivity contribution is 7.09. The first-order chi connectivity index (χ1) is 7.97. The number of nitrogens with zero attached hydrogens (tertiary/aromatic N) is 1. The lowest BCUT2D eigenvalue weighted by molar-refractivity contribution is 1.13. The first kappa shape index (κ1) is 10.6. The molecule has 0 aromatic heterocycles. The lowest BCUT2D eigenvalue weighted by atomic mass is 10.2. The summed E-state index contributed by atoms with van der Waals surface area (Å²) in [7, 11) is 0. The van der Waals surface area contributed by atoms with Crippen LogP contribution in [0.2, 0.25) is 0 Å². The van der Waals surface area contributed by atoms with Gasteiger partial charge in [-0.25, -0.2) is 4.49 Å². The van der Waals surface area contributed by atoms with Crippen LogP contribution in [0, 0.1) is 0 Å². The van der Waals surface area contributed by atoms with Gasteiger partial charge in [0.1, 0.15) is 0 Å². The van der Waals surface area contributed by atoms with Crippen molar-refractivity contribution < 1.29 is 0 Å². The van der Waals surface area contributed by atoms with Gasteiger partial charge in [0.05, 0.1) is 11.1 Å². The van der Waals surface area contributed by atoms with Crippen LogP contribution in [0.3, 0.4) is 0 Å². The normalized spacial score (nSPS) is 9.25. The van der Waals surface area contributed by atoms with Crippen molar-refractivity contribution in [3.63, 3.8) is 0 Å². The molecule has 2 rings (SSSR count). The van der Waals surface area contributed by atoms with Crippen LogP contribution in [0.4, 0.5) is 0 Å². The van der Waals surface area contributed by atoms with Gasteiger partial charge in [-0.3, -0.25) is 0 Å². The van der Waals surface area contributed by atoms with Gasteiger partial charge in [0, 0.05) is 5.56 Å². The number of aromatic amines is 1. The number of hydrogen-bond donors (Lipinski definition) is 1. The van der Waals surface area contributed by atoms with Gasteiger partial charge in [-0.1, -0.05) is 54.6 Å². The molecule has 80 valence electrons. The van der Waals surface area contributed by atoms with Crippen LogP contribution in [-0.2, 0) is 0 Å². The Morgan fingerprint density at radius 2 is 1.44 bits per heavy atom. The zero-order valence-corrected chi connectivity index (χ0v) is 9.52. The molecule has 0 fully saturated rings. The van der Waals surface area contributed by atoms with E-state index in [9.17, 15) is 0 Å². The van der Waals surface area contributed by atoms with Gasteiger partial charge in [-0.2, -0.15) is 5.10 Å². The van der Waals surface area contributed by atoms with Crippen LogP contribution in [0.5, 0.6) is 0 Å². The Labute approximate surface area is 98.7 Å². The topological polar surface area (TPSA) is 28.7 Å². The van der Waals surface area contributed by atoms with E-state index in [2.05, 4.69) is 15.7 Å². The number of aromatic nitrogens is 2. The molecule has 0 spiro atoms. The van der Waals surface area contributed by atoms with Crippen LogP contribution >= 0.6 is 11.5 Å². The average molecular weight is 228 g/mol. The summed E-state index contributed by atoms with van der Waals surface area (Å²) in [5.74, 6) is 0. The summed E-state index contributed by atoms with van der Waals surface area (Å²) in [6, 6.07) is 20.1. The average Bonchev–Trinajstić information content (AvgIpc) is 2.30. The predicted octanol–water partition coefficient (Wildman–Crippen LogP) is 3.82. The highest BCUT2D eigenvalue weighted by atomic mass is 32.1. The smallest absolute Gasteiger partial charge is 0.0568 e. The first-order valence-electron chi connectivity index (χ1n) is 5.01. The van der Waals surface area contributed by atoms with Crippen molar-refractivity contribution in [1.29, 1.82) is 0 Å². The maximum Gasteiger partial charge on any atom is 0.0568 e. The SMILES string of the molecule is c1cccccc2s[nH]ncc-2cccc1. The predicted molar refractivity (Wildman–Crippen MR) is 68.3 cm³/mol. The second kappa shape index (κ2) is 5.88. The molecule has 0 amide bonds. The second-order valence-corrected chi connectivity index (χ2v) is 3.97. The lowest BCUT2D eigenvalue weighted by Crippen LogP contribution is -1.78. The number of H-pyrrole nitrogens is 1. The van der Waals surface area contributed by atoms with E-state index >= 15 is 0 Å². The molecule has 2 nitrogen and oxygen atoms in total. The molecular formula is C13H12N2S. The monoisotopic (exact) mass is 228 g/mol. The fraction of sp³-hybridized carbons (Fsp3) is 0. The molecule has 0 unspecified atom stereocenters. The van der Waals surface area contributed by atoms with E-state index in [0.29, 0.717) is 0 Å². The minimum Gasteiger partial charge on any atom is -0.232 e. The zero-order valence-electron chi connectivity index (χ0n) is 8.71. The molecule has 0 saturated carbocycles. The van der Waals surface area contributed by atoms with Gasteiger partial charge in [0.2, 0.25) is 0 Å². The van der Waals surface area contributed by atoms with Crippen molar-refractivity contribution in [1.82, 2.24) is 9.59 Å². The third-order valence-corrected chi connectivity index (χ3v) is 2.79. The Morgan fingerprint density at radius 3 is 2.19 bits per heavy atom. The van der Waals surface area contributed by atoms with Gasteiger partial charge in [0.25, 0.3) is 0 Å². The standard InChI is InChI=1S/C13H12N2S/c1-2-4-6-8-10-13-12(9-7-5-3-1)11-14-15-16-13/h1-11,15H. The molecule has 0 aromatic rings. The molecular weight excluding hydrogens is 216 g/mol. The molecule has 0 atom stereocenters. The summed E-state index contributed by atoms with van der Waals surface area (Å²) in [6.45, 7) is 0. The van der Waals surface area contributed by atoms with Crippen LogP contribution in [0.15, 0.2) is 66.9 Å². The van der Waals surface area contributed by atoms with Gasteiger partial charge in [-0.05, 0) is 17.6 Å². The van der Waals surface area contributed by atoms with Gasteiger partial charge in [-0.15, -0.1) is 0 Å². The van der Waals surface area contributed by atoms with E-state index in [1.807, 2.05) is 60.8 Å². The number of fused-ring (bicyclic) bond motifs is 1. The van der Waals surface area contributed by atoms with Crippen molar-refractivity contribution in [2.75, 3.05) is 0 Å². The maximum atomic E-state index is 4.02.